The molecule has 1 fully saturated rings. The molecule has 0 aliphatic heterocycles. The van der Waals surface area contributed by atoms with Crippen LogP contribution in [0.5, 0.6) is 0 Å². The molecule has 1 aliphatic rings. The van der Waals surface area contributed by atoms with E-state index in [1.807, 2.05) is 13.0 Å². The van der Waals surface area contributed by atoms with Gasteiger partial charge >= 0.3 is 12.0 Å². The molecule has 0 radical (unpaired) electrons. The van der Waals surface area contributed by atoms with Gasteiger partial charge in [0.25, 0.3) is 0 Å². The van der Waals surface area contributed by atoms with Crippen molar-refractivity contribution in [1.82, 2.24) is 10.2 Å². The summed E-state index contributed by atoms with van der Waals surface area (Å²) in [5.74, 6) is -0.648. The Labute approximate surface area is 124 Å². The molecule has 21 heavy (non-hydrogen) atoms. The van der Waals surface area contributed by atoms with Gasteiger partial charge in [0.15, 0.2) is 0 Å². The quantitative estimate of drug-likeness (QED) is 0.771. The first-order valence-corrected chi connectivity index (χ1v) is 7.41. The molecule has 6 heteroatoms. The van der Waals surface area contributed by atoms with Gasteiger partial charge in [-0.1, -0.05) is 13.3 Å². The molecule has 1 aromatic rings. The first-order valence-electron chi connectivity index (χ1n) is 7.41. The molecular formula is C15H22N2O4. The van der Waals surface area contributed by atoms with Gasteiger partial charge in [0.1, 0.15) is 5.76 Å². The Morgan fingerprint density at radius 1 is 1.52 bits per heavy atom. The fourth-order valence-electron chi connectivity index (χ4n) is 2.30. The smallest absolute Gasteiger partial charge is 0.318 e. The lowest BCUT2D eigenvalue weighted by Crippen LogP contribution is -2.43. The molecule has 1 atom stereocenters. The Bertz CT molecular complexity index is 468. The van der Waals surface area contributed by atoms with Crippen molar-refractivity contribution in [1.29, 1.82) is 0 Å². The van der Waals surface area contributed by atoms with Crippen LogP contribution in [-0.4, -0.2) is 34.6 Å². The fraction of sp³-hybridized carbons (Fsp3) is 0.600. The topological polar surface area (TPSA) is 82.8 Å². The molecule has 0 saturated heterocycles. The second kappa shape index (κ2) is 7.15. The number of aliphatic carboxylic acids is 1. The van der Waals surface area contributed by atoms with Gasteiger partial charge < -0.3 is 19.7 Å². The van der Waals surface area contributed by atoms with Crippen LogP contribution >= 0.6 is 0 Å². The molecule has 1 heterocycles. The van der Waals surface area contributed by atoms with Gasteiger partial charge in [0.2, 0.25) is 0 Å². The molecule has 6 nitrogen and oxygen atoms in total. The molecule has 2 N–H and O–H groups in total. The third-order valence-corrected chi connectivity index (χ3v) is 3.64. The molecule has 1 unspecified atom stereocenters. The summed E-state index contributed by atoms with van der Waals surface area (Å²) in [4.78, 5) is 25.1. The number of urea groups is 1. The Morgan fingerprint density at radius 2 is 2.29 bits per heavy atom. The molecule has 0 aromatic carbocycles. The minimum atomic E-state index is -0.860. The SMILES string of the molecule is CCCC(CNC(=O)N(Cc1ccco1)C1CC1)C(=O)O. The van der Waals surface area contributed by atoms with Gasteiger partial charge in [-0.05, 0) is 31.4 Å². The molecule has 116 valence electrons. The maximum Gasteiger partial charge on any atom is 0.318 e. The van der Waals surface area contributed by atoms with Crippen LogP contribution in [0.2, 0.25) is 0 Å². The van der Waals surface area contributed by atoms with E-state index in [2.05, 4.69) is 5.32 Å². The number of nitrogens with one attached hydrogen (secondary N) is 1. The van der Waals surface area contributed by atoms with Crippen LogP contribution in [-0.2, 0) is 11.3 Å². The Hall–Kier alpha value is -1.98. The number of carboxylic acids is 1. The summed E-state index contributed by atoms with van der Waals surface area (Å²) in [6.45, 7) is 2.53. The van der Waals surface area contributed by atoms with Crippen LogP contribution in [0, 0.1) is 5.92 Å². The van der Waals surface area contributed by atoms with E-state index < -0.39 is 11.9 Å². The van der Waals surface area contributed by atoms with Gasteiger partial charge in [0, 0.05) is 12.6 Å². The van der Waals surface area contributed by atoms with E-state index in [0.29, 0.717) is 13.0 Å². The number of hydrogen-bond acceptors (Lipinski definition) is 3. The van der Waals surface area contributed by atoms with E-state index in [1.165, 1.54) is 0 Å². The minimum Gasteiger partial charge on any atom is -0.481 e. The molecular weight excluding hydrogens is 272 g/mol. The van der Waals surface area contributed by atoms with Crippen LogP contribution in [0.15, 0.2) is 22.8 Å². The van der Waals surface area contributed by atoms with Crippen molar-refractivity contribution in [2.24, 2.45) is 5.92 Å². The normalized spacial score (nSPS) is 15.5. The number of amides is 2. The van der Waals surface area contributed by atoms with E-state index in [0.717, 1.165) is 25.0 Å². The molecule has 1 saturated carbocycles. The van der Waals surface area contributed by atoms with E-state index in [1.54, 1.807) is 17.2 Å². The van der Waals surface area contributed by atoms with Crippen LogP contribution < -0.4 is 5.32 Å². The first-order chi connectivity index (χ1) is 10.1. The second-order valence-electron chi connectivity index (χ2n) is 5.45. The lowest BCUT2D eigenvalue weighted by Gasteiger charge is -2.23. The summed E-state index contributed by atoms with van der Waals surface area (Å²) in [7, 11) is 0. The van der Waals surface area contributed by atoms with Crippen LogP contribution in [0.3, 0.4) is 0 Å². The van der Waals surface area contributed by atoms with Crippen LogP contribution in [0.1, 0.15) is 38.4 Å². The third kappa shape index (κ3) is 4.51. The lowest BCUT2D eigenvalue weighted by atomic mass is 10.0. The summed E-state index contributed by atoms with van der Waals surface area (Å²) in [5, 5.41) is 11.9. The Kier molecular flexibility index (Phi) is 5.25. The number of rotatable bonds is 8. The monoisotopic (exact) mass is 294 g/mol. The Morgan fingerprint density at radius 3 is 2.81 bits per heavy atom. The molecule has 0 spiro atoms. The standard InChI is InChI=1S/C15H22N2O4/c1-2-4-11(14(18)19)9-16-15(20)17(12-6-7-12)10-13-5-3-8-21-13/h3,5,8,11-12H,2,4,6-7,9-10H2,1H3,(H,16,20)(H,18,19). The van der Waals surface area contributed by atoms with E-state index in [-0.39, 0.29) is 18.6 Å². The van der Waals surface area contributed by atoms with Crippen molar-refractivity contribution in [2.45, 2.75) is 45.2 Å². The highest BCUT2D eigenvalue weighted by atomic mass is 16.4. The van der Waals surface area contributed by atoms with Crippen LogP contribution in [0.25, 0.3) is 0 Å². The second-order valence-corrected chi connectivity index (χ2v) is 5.45. The van der Waals surface area contributed by atoms with Crippen molar-refractivity contribution in [3.8, 4) is 0 Å². The average Bonchev–Trinajstić information content (AvgIpc) is 3.16. The summed E-state index contributed by atoms with van der Waals surface area (Å²) < 4.78 is 5.28. The molecule has 0 bridgehead atoms. The number of carboxylic acid groups (broad SMARTS) is 1. The van der Waals surface area contributed by atoms with Gasteiger partial charge in [-0.15, -0.1) is 0 Å². The Balaban J connectivity index is 1.88. The van der Waals surface area contributed by atoms with Crippen molar-refractivity contribution >= 4 is 12.0 Å². The highest BCUT2D eigenvalue weighted by Crippen LogP contribution is 2.28. The van der Waals surface area contributed by atoms with Gasteiger partial charge in [0.05, 0.1) is 18.7 Å². The zero-order chi connectivity index (χ0) is 15.2. The number of hydrogen-bond donors (Lipinski definition) is 2. The lowest BCUT2D eigenvalue weighted by molar-refractivity contribution is -0.141. The summed E-state index contributed by atoms with van der Waals surface area (Å²) in [5.41, 5.74) is 0. The highest BCUT2D eigenvalue weighted by molar-refractivity contribution is 5.76. The molecule has 2 rings (SSSR count). The van der Waals surface area contributed by atoms with Crippen molar-refractivity contribution < 1.29 is 19.1 Å². The average molecular weight is 294 g/mol. The molecule has 1 aliphatic carbocycles. The molecule has 2 amide bonds. The predicted molar refractivity (Wildman–Crippen MR) is 76.7 cm³/mol. The predicted octanol–water partition coefficient (Wildman–Crippen LogP) is 2.45. The highest BCUT2D eigenvalue weighted by Gasteiger charge is 2.33. The fourth-order valence-corrected chi connectivity index (χ4v) is 2.30. The zero-order valence-corrected chi connectivity index (χ0v) is 12.2. The van der Waals surface area contributed by atoms with Crippen molar-refractivity contribution in [2.75, 3.05) is 6.54 Å². The van der Waals surface area contributed by atoms with Crippen molar-refractivity contribution in [3.05, 3.63) is 24.2 Å². The first kappa shape index (κ1) is 15.4. The summed E-state index contributed by atoms with van der Waals surface area (Å²) in [6.07, 6.45) is 4.92. The molecule has 1 aromatic heterocycles. The van der Waals surface area contributed by atoms with E-state index in [4.69, 9.17) is 9.52 Å². The largest absolute Gasteiger partial charge is 0.481 e. The summed E-state index contributed by atoms with van der Waals surface area (Å²) in [6, 6.07) is 3.65. The maximum atomic E-state index is 12.3. The maximum absolute atomic E-state index is 12.3. The third-order valence-electron chi connectivity index (χ3n) is 3.64. The van der Waals surface area contributed by atoms with E-state index >= 15 is 0 Å². The minimum absolute atomic E-state index is 0.170. The number of carbonyl (C=O) groups excluding carboxylic acids is 1. The number of carbonyl (C=O) groups is 2. The van der Waals surface area contributed by atoms with E-state index in [9.17, 15) is 9.59 Å². The van der Waals surface area contributed by atoms with Crippen molar-refractivity contribution in [3.63, 3.8) is 0 Å². The van der Waals surface area contributed by atoms with Crippen LogP contribution in [0.4, 0.5) is 4.79 Å². The van der Waals surface area contributed by atoms with Gasteiger partial charge in [-0.2, -0.15) is 0 Å². The zero-order valence-electron chi connectivity index (χ0n) is 12.2. The number of furan rings is 1. The summed E-state index contributed by atoms with van der Waals surface area (Å²) >= 11 is 0. The van der Waals surface area contributed by atoms with Gasteiger partial charge in [-0.25, -0.2) is 4.79 Å². The van der Waals surface area contributed by atoms with Gasteiger partial charge in [-0.3, -0.25) is 4.79 Å². The number of nitrogens with zero attached hydrogens (tertiary/aromatic N) is 1.